The second-order valence-electron chi connectivity index (χ2n) is 5.40. The molecule has 1 aliphatic rings. The molecule has 0 atom stereocenters. The average molecular weight is 319 g/mol. The van der Waals surface area contributed by atoms with E-state index in [0.717, 1.165) is 48.9 Å². The van der Waals surface area contributed by atoms with Gasteiger partial charge < -0.3 is 9.64 Å². The van der Waals surface area contributed by atoms with E-state index in [-0.39, 0.29) is 5.91 Å². The lowest BCUT2D eigenvalue weighted by atomic mass is 10.2. The van der Waals surface area contributed by atoms with Gasteiger partial charge in [-0.25, -0.2) is 0 Å². The summed E-state index contributed by atoms with van der Waals surface area (Å²) in [7, 11) is 0. The van der Waals surface area contributed by atoms with Crippen molar-refractivity contribution >= 4 is 23.7 Å². The SMILES string of the molecule is CCCCCOc1ccc(/C=C/C(=O)N2CCSCC2)cc1. The zero-order chi connectivity index (χ0) is 15.6. The lowest BCUT2D eigenvalue weighted by molar-refractivity contribution is -0.125. The molecule has 3 nitrogen and oxygen atoms in total. The van der Waals surface area contributed by atoms with Crippen molar-refractivity contribution in [2.75, 3.05) is 31.2 Å². The minimum atomic E-state index is 0.111. The third kappa shape index (κ3) is 5.76. The van der Waals surface area contributed by atoms with Gasteiger partial charge in [0, 0.05) is 30.7 Å². The number of amides is 1. The number of hydrogen-bond donors (Lipinski definition) is 0. The predicted molar refractivity (Wildman–Crippen MR) is 94.4 cm³/mol. The van der Waals surface area contributed by atoms with Gasteiger partial charge in [-0.05, 0) is 30.2 Å². The van der Waals surface area contributed by atoms with Crippen LogP contribution in [-0.2, 0) is 4.79 Å². The number of carbonyl (C=O) groups excluding carboxylic acids is 1. The van der Waals surface area contributed by atoms with Crippen LogP contribution in [0.25, 0.3) is 6.08 Å². The van der Waals surface area contributed by atoms with Crippen LogP contribution in [-0.4, -0.2) is 42.0 Å². The lowest BCUT2D eigenvalue weighted by Crippen LogP contribution is -2.36. The van der Waals surface area contributed by atoms with E-state index in [9.17, 15) is 4.79 Å². The first kappa shape index (κ1) is 16.9. The summed E-state index contributed by atoms with van der Waals surface area (Å²) >= 11 is 1.91. The fourth-order valence-corrected chi connectivity index (χ4v) is 3.18. The molecule has 0 unspecified atom stereocenters. The van der Waals surface area contributed by atoms with Crippen molar-refractivity contribution in [1.29, 1.82) is 0 Å². The molecule has 0 saturated carbocycles. The molecular formula is C18H25NO2S. The largest absolute Gasteiger partial charge is 0.494 e. The highest BCUT2D eigenvalue weighted by molar-refractivity contribution is 7.99. The second kappa shape index (κ2) is 9.57. The summed E-state index contributed by atoms with van der Waals surface area (Å²) < 4.78 is 5.68. The molecule has 1 aromatic carbocycles. The molecule has 1 fully saturated rings. The number of hydrogen-bond acceptors (Lipinski definition) is 3. The summed E-state index contributed by atoms with van der Waals surface area (Å²) in [6.07, 6.45) is 7.06. The van der Waals surface area contributed by atoms with E-state index < -0.39 is 0 Å². The van der Waals surface area contributed by atoms with Crippen LogP contribution >= 0.6 is 11.8 Å². The third-order valence-electron chi connectivity index (χ3n) is 3.64. The molecule has 0 radical (unpaired) electrons. The first-order chi connectivity index (χ1) is 10.8. The molecule has 1 saturated heterocycles. The van der Waals surface area contributed by atoms with Crippen LogP contribution in [0.1, 0.15) is 31.7 Å². The highest BCUT2D eigenvalue weighted by Crippen LogP contribution is 2.14. The van der Waals surface area contributed by atoms with Gasteiger partial charge in [0.05, 0.1) is 6.61 Å². The van der Waals surface area contributed by atoms with E-state index in [4.69, 9.17) is 4.74 Å². The second-order valence-corrected chi connectivity index (χ2v) is 6.62. The predicted octanol–water partition coefficient (Wildman–Crippen LogP) is 3.84. The average Bonchev–Trinajstić information content (AvgIpc) is 2.58. The molecular weight excluding hydrogens is 294 g/mol. The summed E-state index contributed by atoms with van der Waals surface area (Å²) in [6.45, 7) is 4.68. The number of carbonyl (C=O) groups is 1. The number of unbranched alkanes of at least 4 members (excludes halogenated alkanes) is 2. The van der Waals surface area contributed by atoms with E-state index in [1.807, 2.05) is 47.0 Å². The van der Waals surface area contributed by atoms with Crippen molar-refractivity contribution in [3.05, 3.63) is 35.9 Å². The molecule has 1 amide bonds. The topological polar surface area (TPSA) is 29.5 Å². The highest BCUT2D eigenvalue weighted by Gasteiger charge is 2.13. The Labute approximate surface area is 137 Å². The minimum absolute atomic E-state index is 0.111. The number of nitrogens with zero attached hydrogens (tertiary/aromatic N) is 1. The maximum absolute atomic E-state index is 12.0. The Morgan fingerprint density at radius 2 is 1.95 bits per heavy atom. The Bertz CT molecular complexity index is 478. The zero-order valence-corrected chi connectivity index (χ0v) is 14.1. The van der Waals surface area contributed by atoms with Gasteiger partial charge in [-0.1, -0.05) is 31.9 Å². The lowest BCUT2D eigenvalue weighted by Gasteiger charge is -2.25. The summed E-state index contributed by atoms with van der Waals surface area (Å²) in [5.41, 5.74) is 1.03. The van der Waals surface area contributed by atoms with Crippen LogP contribution in [0.5, 0.6) is 5.75 Å². The summed E-state index contributed by atoms with van der Waals surface area (Å²) in [6, 6.07) is 7.91. The molecule has 0 spiro atoms. The van der Waals surface area contributed by atoms with Gasteiger partial charge in [0.25, 0.3) is 0 Å². The van der Waals surface area contributed by atoms with Gasteiger partial charge >= 0.3 is 0 Å². The molecule has 4 heteroatoms. The zero-order valence-electron chi connectivity index (χ0n) is 13.3. The molecule has 1 heterocycles. The quantitative estimate of drug-likeness (QED) is 0.565. The smallest absolute Gasteiger partial charge is 0.246 e. The van der Waals surface area contributed by atoms with Crippen molar-refractivity contribution in [2.24, 2.45) is 0 Å². The first-order valence-electron chi connectivity index (χ1n) is 8.07. The van der Waals surface area contributed by atoms with Crippen molar-refractivity contribution in [3.8, 4) is 5.75 Å². The van der Waals surface area contributed by atoms with Crippen molar-refractivity contribution in [1.82, 2.24) is 4.90 Å². The molecule has 1 aromatic rings. The summed E-state index contributed by atoms with van der Waals surface area (Å²) in [5, 5.41) is 0. The van der Waals surface area contributed by atoms with Gasteiger partial charge in [-0.3, -0.25) is 4.79 Å². The molecule has 0 aliphatic carbocycles. The van der Waals surface area contributed by atoms with Crippen LogP contribution in [0, 0.1) is 0 Å². The normalized spacial score (nSPS) is 15.2. The third-order valence-corrected chi connectivity index (χ3v) is 4.58. The first-order valence-corrected chi connectivity index (χ1v) is 9.22. The molecule has 1 aliphatic heterocycles. The number of thioether (sulfide) groups is 1. The summed E-state index contributed by atoms with van der Waals surface area (Å²) in [5.74, 6) is 3.10. The van der Waals surface area contributed by atoms with Gasteiger partial charge in [0.15, 0.2) is 0 Å². The molecule has 0 N–H and O–H groups in total. The molecule has 22 heavy (non-hydrogen) atoms. The number of ether oxygens (including phenoxy) is 1. The number of rotatable bonds is 7. The van der Waals surface area contributed by atoms with Crippen molar-refractivity contribution in [3.63, 3.8) is 0 Å². The van der Waals surface area contributed by atoms with E-state index >= 15 is 0 Å². The van der Waals surface area contributed by atoms with Gasteiger partial charge in [-0.2, -0.15) is 11.8 Å². The molecule has 2 rings (SSSR count). The highest BCUT2D eigenvalue weighted by atomic mass is 32.2. The minimum Gasteiger partial charge on any atom is -0.494 e. The number of benzene rings is 1. The van der Waals surface area contributed by atoms with Crippen LogP contribution < -0.4 is 4.74 Å². The van der Waals surface area contributed by atoms with Crippen LogP contribution in [0.15, 0.2) is 30.3 Å². The Hall–Kier alpha value is -1.42. The standard InChI is InChI=1S/C18H25NO2S/c1-2-3-4-13-21-17-8-5-16(6-9-17)7-10-18(20)19-11-14-22-15-12-19/h5-10H,2-4,11-15H2,1H3/b10-7+. The Morgan fingerprint density at radius 3 is 2.64 bits per heavy atom. The molecule has 120 valence electrons. The summed E-state index contributed by atoms with van der Waals surface area (Å²) in [4.78, 5) is 14.0. The van der Waals surface area contributed by atoms with Crippen LogP contribution in [0.2, 0.25) is 0 Å². The molecule has 0 bridgehead atoms. The Morgan fingerprint density at radius 1 is 1.23 bits per heavy atom. The molecule has 0 aromatic heterocycles. The maximum atomic E-state index is 12.0. The van der Waals surface area contributed by atoms with Gasteiger partial charge in [0.1, 0.15) is 5.75 Å². The van der Waals surface area contributed by atoms with Crippen molar-refractivity contribution in [2.45, 2.75) is 26.2 Å². The fourth-order valence-electron chi connectivity index (χ4n) is 2.27. The van der Waals surface area contributed by atoms with Crippen LogP contribution in [0.3, 0.4) is 0 Å². The van der Waals surface area contributed by atoms with E-state index in [2.05, 4.69) is 6.92 Å². The van der Waals surface area contributed by atoms with Gasteiger partial charge in [0.2, 0.25) is 5.91 Å². The van der Waals surface area contributed by atoms with E-state index in [0.29, 0.717) is 0 Å². The van der Waals surface area contributed by atoms with E-state index in [1.54, 1.807) is 6.08 Å². The Balaban J connectivity index is 1.79. The van der Waals surface area contributed by atoms with Crippen LogP contribution in [0.4, 0.5) is 0 Å². The van der Waals surface area contributed by atoms with E-state index in [1.165, 1.54) is 12.8 Å². The monoisotopic (exact) mass is 319 g/mol. The fraction of sp³-hybridized carbons (Fsp3) is 0.500. The Kier molecular flexibility index (Phi) is 7.37. The van der Waals surface area contributed by atoms with Crippen molar-refractivity contribution < 1.29 is 9.53 Å². The maximum Gasteiger partial charge on any atom is 0.246 e. The van der Waals surface area contributed by atoms with Gasteiger partial charge in [-0.15, -0.1) is 0 Å².